The first-order valence-electron chi connectivity index (χ1n) is 9.58. The molecule has 1 aliphatic heterocycles. The van der Waals surface area contributed by atoms with Crippen LogP contribution >= 0.6 is 0 Å². The average molecular weight is 414 g/mol. The number of aryl methyl sites for hydroxylation is 1. The third-order valence-electron chi connectivity index (χ3n) is 4.77. The van der Waals surface area contributed by atoms with Crippen LogP contribution in [0.15, 0.2) is 35.6 Å². The van der Waals surface area contributed by atoms with E-state index in [1.165, 1.54) is 12.1 Å². The number of benzene rings is 1. The SMILES string of the molecule is CCOC(=O)C/C(C(=O)OCC)=C1/CCC(c2ccc(CC)cc2)(C(F)(F)F)O1. The van der Waals surface area contributed by atoms with Gasteiger partial charge in [0.05, 0.1) is 25.2 Å². The van der Waals surface area contributed by atoms with Gasteiger partial charge in [-0.15, -0.1) is 0 Å². The molecule has 1 atom stereocenters. The topological polar surface area (TPSA) is 61.8 Å². The van der Waals surface area contributed by atoms with Crippen molar-refractivity contribution in [2.24, 2.45) is 0 Å². The third kappa shape index (κ3) is 4.92. The number of hydrogen-bond acceptors (Lipinski definition) is 5. The van der Waals surface area contributed by atoms with E-state index < -0.39 is 36.6 Å². The summed E-state index contributed by atoms with van der Waals surface area (Å²) in [6.07, 6.45) is -5.08. The molecule has 1 aliphatic rings. The van der Waals surface area contributed by atoms with E-state index in [4.69, 9.17) is 14.2 Å². The smallest absolute Gasteiger partial charge is 0.432 e. The van der Waals surface area contributed by atoms with Gasteiger partial charge in [0.15, 0.2) is 0 Å². The fraction of sp³-hybridized carbons (Fsp3) is 0.524. The van der Waals surface area contributed by atoms with Gasteiger partial charge >= 0.3 is 18.1 Å². The number of rotatable bonds is 7. The van der Waals surface area contributed by atoms with Gasteiger partial charge in [-0.3, -0.25) is 4.79 Å². The van der Waals surface area contributed by atoms with Crippen molar-refractivity contribution in [2.75, 3.05) is 13.2 Å². The molecule has 0 N–H and O–H groups in total. The molecule has 0 aromatic heterocycles. The Labute approximate surface area is 167 Å². The summed E-state index contributed by atoms with van der Waals surface area (Å²) in [5, 5.41) is 0. The lowest BCUT2D eigenvalue weighted by Gasteiger charge is -2.32. The largest absolute Gasteiger partial charge is 0.477 e. The standard InChI is InChI=1S/C21H25F3O5/c1-4-14-7-9-15(10-8-14)20(21(22,23)24)12-11-17(29-20)16(19(26)28-6-3)13-18(25)27-5-2/h7-10H,4-6,11-13H2,1-3H3/b17-16+. The highest BCUT2D eigenvalue weighted by Gasteiger charge is 2.61. The molecule has 1 fully saturated rings. The molecule has 29 heavy (non-hydrogen) atoms. The summed E-state index contributed by atoms with van der Waals surface area (Å²) in [5.74, 6) is -1.80. The molecule has 0 amide bonds. The second-order valence-electron chi connectivity index (χ2n) is 6.58. The second kappa shape index (κ2) is 9.33. The minimum atomic E-state index is -4.72. The van der Waals surface area contributed by atoms with Crippen molar-refractivity contribution < 1.29 is 37.0 Å². The summed E-state index contributed by atoms with van der Waals surface area (Å²) in [6, 6.07) is 6.03. The molecule has 160 valence electrons. The molecule has 1 saturated heterocycles. The van der Waals surface area contributed by atoms with Crippen LogP contribution in [-0.2, 0) is 35.8 Å². The number of esters is 2. The molecule has 0 aliphatic carbocycles. The van der Waals surface area contributed by atoms with E-state index >= 15 is 0 Å². The first-order valence-corrected chi connectivity index (χ1v) is 9.58. The number of halogens is 3. The predicted octanol–water partition coefficient (Wildman–Crippen LogP) is 4.59. The van der Waals surface area contributed by atoms with Gasteiger partial charge in [0, 0.05) is 18.4 Å². The molecule has 8 heteroatoms. The Balaban J connectivity index is 2.47. The second-order valence-corrected chi connectivity index (χ2v) is 6.58. The number of carbonyl (C=O) groups is 2. The zero-order chi connectivity index (χ0) is 21.7. The molecule has 1 aromatic rings. The summed E-state index contributed by atoms with van der Waals surface area (Å²) in [6.45, 7) is 5.16. The Hall–Kier alpha value is -2.51. The first-order chi connectivity index (χ1) is 13.7. The molecule has 0 saturated carbocycles. The third-order valence-corrected chi connectivity index (χ3v) is 4.77. The highest BCUT2D eigenvalue weighted by atomic mass is 19.4. The Morgan fingerprint density at radius 1 is 1.07 bits per heavy atom. The summed E-state index contributed by atoms with van der Waals surface area (Å²) in [7, 11) is 0. The lowest BCUT2D eigenvalue weighted by Crippen LogP contribution is -2.41. The Bertz CT molecular complexity index is 768. The van der Waals surface area contributed by atoms with Crippen molar-refractivity contribution in [3.05, 3.63) is 46.7 Å². The number of hydrogen-bond donors (Lipinski definition) is 0. The van der Waals surface area contributed by atoms with Gasteiger partial charge in [-0.25, -0.2) is 4.79 Å². The Kier molecular flexibility index (Phi) is 7.32. The summed E-state index contributed by atoms with van der Waals surface area (Å²) in [5.41, 5.74) is -1.96. The molecule has 1 unspecified atom stereocenters. The maximum absolute atomic E-state index is 14.1. The van der Waals surface area contributed by atoms with Gasteiger partial charge < -0.3 is 14.2 Å². The van der Waals surface area contributed by atoms with Crippen LogP contribution in [0.3, 0.4) is 0 Å². The molecular formula is C21H25F3O5. The van der Waals surface area contributed by atoms with Gasteiger partial charge in [-0.1, -0.05) is 31.2 Å². The molecule has 1 aromatic carbocycles. The summed E-state index contributed by atoms with van der Waals surface area (Å²) in [4.78, 5) is 24.2. The van der Waals surface area contributed by atoms with E-state index in [9.17, 15) is 22.8 Å². The minimum absolute atomic E-state index is 0.0152. The summed E-state index contributed by atoms with van der Waals surface area (Å²) < 4.78 is 57.5. The normalized spacial score (nSPS) is 20.8. The number of carbonyl (C=O) groups excluding carboxylic acids is 2. The molecular weight excluding hydrogens is 389 g/mol. The predicted molar refractivity (Wildman–Crippen MR) is 98.8 cm³/mol. The van der Waals surface area contributed by atoms with Gasteiger partial charge in [0.1, 0.15) is 5.76 Å². The highest BCUT2D eigenvalue weighted by Crippen LogP contribution is 2.52. The van der Waals surface area contributed by atoms with Gasteiger partial charge in [0.25, 0.3) is 0 Å². The quantitative estimate of drug-likeness (QED) is 0.483. The van der Waals surface area contributed by atoms with E-state index in [1.54, 1.807) is 26.0 Å². The van der Waals surface area contributed by atoms with Crippen molar-refractivity contribution in [3.63, 3.8) is 0 Å². The molecule has 0 bridgehead atoms. The van der Waals surface area contributed by atoms with Crippen LogP contribution in [0.5, 0.6) is 0 Å². The highest BCUT2D eigenvalue weighted by molar-refractivity contribution is 5.94. The molecule has 2 rings (SSSR count). The van der Waals surface area contributed by atoms with E-state index in [2.05, 4.69) is 0 Å². The average Bonchev–Trinajstić information content (AvgIpc) is 3.13. The Morgan fingerprint density at radius 2 is 1.69 bits per heavy atom. The molecule has 1 heterocycles. The lowest BCUT2D eigenvalue weighted by atomic mass is 9.89. The van der Waals surface area contributed by atoms with Crippen LogP contribution < -0.4 is 0 Å². The van der Waals surface area contributed by atoms with Crippen LogP contribution in [0.2, 0.25) is 0 Å². The van der Waals surface area contributed by atoms with Gasteiger partial charge in [-0.05, 0) is 25.8 Å². The van der Waals surface area contributed by atoms with E-state index in [-0.39, 0.29) is 36.5 Å². The fourth-order valence-electron chi connectivity index (χ4n) is 3.25. The van der Waals surface area contributed by atoms with Crippen molar-refractivity contribution in [1.29, 1.82) is 0 Å². The van der Waals surface area contributed by atoms with Crippen molar-refractivity contribution in [3.8, 4) is 0 Å². The first kappa shape index (κ1) is 22.8. The number of ether oxygens (including phenoxy) is 3. The maximum atomic E-state index is 14.1. The van der Waals surface area contributed by atoms with Crippen LogP contribution in [0.4, 0.5) is 13.2 Å². The molecule has 0 radical (unpaired) electrons. The van der Waals surface area contributed by atoms with Crippen molar-refractivity contribution in [1.82, 2.24) is 0 Å². The minimum Gasteiger partial charge on any atom is -0.477 e. The van der Waals surface area contributed by atoms with Crippen LogP contribution in [0.25, 0.3) is 0 Å². The fourth-order valence-corrected chi connectivity index (χ4v) is 3.25. The zero-order valence-electron chi connectivity index (χ0n) is 16.7. The van der Waals surface area contributed by atoms with Crippen LogP contribution in [0, 0.1) is 0 Å². The summed E-state index contributed by atoms with van der Waals surface area (Å²) >= 11 is 0. The lowest BCUT2D eigenvalue weighted by molar-refractivity contribution is -0.261. The van der Waals surface area contributed by atoms with E-state index in [0.717, 1.165) is 5.56 Å². The van der Waals surface area contributed by atoms with Crippen molar-refractivity contribution in [2.45, 2.75) is 58.2 Å². The van der Waals surface area contributed by atoms with Crippen LogP contribution in [0.1, 0.15) is 51.2 Å². The Morgan fingerprint density at radius 3 is 2.21 bits per heavy atom. The van der Waals surface area contributed by atoms with E-state index in [1.807, 2.05) is 6.92 Å². The molecule has 0 spiro atoms. The number of allylic oxidation sites excluding steroid dienone is 1. The maximum Gasteiger partial charge on any atom is 0.432 e. The van der Waals surface area contributed by atoms with Gasteiger partial charge in [0.2, 0.25) is 5.60 Å². The van der Waals surface area contributed by atoms with Gasteiger partial charge in [-0.2, -0.15) is 13.2 Å². The van der Waals surface area contributed by atoms with Crippen LogP contribution in [-0.4, -0.2) is 31.3 Å². The monoisotopic (exact) mass is 414 g/mol. The molecule has 5 nitrogen and oxygen atoms in total. The van der Waals surface area contributed by atoms with E-state index in [0.29, 0.717) is 6.42 Å². The zero-order valence-corrected chi connectivity index (χ0v) is 16.7. The van der Waals surface area contributed by atoms with Crippen molar-refractivity contribution >= 4 is 11.9 Å². The number of alkyl halides is 3.